The lowest BCUT2D eigenvalue weighted by atomic mass is 9.99. The van der Waals surface area contributed by atoms with Crippen LogP contribution in [0.25, 0.3) is 0 Å². The number of imidazole rings is 1. The lowest BCUT2D eigenvalue weighted by molar-refractivity contribution is -0.126. The van der Waals surface area contributed by atoms with Gasteiger partial charge < -0.3 is 15.2 Å². The number of hydrogen-bond acceptors (Lipinski definition) is 5. The van der Waals surface area contributed by atoms with E-state index in [-0.39, 0.29) is 30.4 Å². The summed E-state index contributed by atoms with van der Waals surface area (Å²) >= 11 is 1.90. The molecule has 2 heterocycles. The van der Waals surface area contributed by atoms with E-state index in [1.807, 2.05) is 33.4 Å². The Morgan fingerprint density at radius 1 is 1.13 bits per heavy atom. The SMILES string of the molecule is O=C(NCCCn1ccnc1)C1CCCN(S(=O)(=O)Nc2ccc(F)c(F)c2Nc2ccc(I)cc2F)C1. The molecule has 0 aliphatic carbocycles. The highest BCUT2D eigenvalue weighted by Gasteiger charge is 2.33. The molecule has 4 rings (SSSR count). The van der Waals surface area contributed by atoms with Gasteiger partial charge in [-0.25, -0.2) is 18.2 Å². The van der Waals surface area contributed by atoms with Gasteiger partial charge in [0.15, 0.2) is 11.6 Å². The molecule has 1 saturated heterocycles. The third kappa shape index (κ3) is 6.96. The van der Waals surface area contributed by atoms with Gasteiger partial charge in [-0.2, -0.15) is 12.7 Å². The number of halogens is 4. The fraction of sp³-hybridized carbons (Fsp3) is 0.333. The van der Waals surface area contributed by atoms with E-state index in [9.17, 15) is 26.4 Å². The van der Waals surface area contributed by atoms with Gasteiger partial charge in [0.1, 0.15) is 11.5 Å². The maximum atomic E-state index is 14.7. The molecular weight excluding hydrogens is 636 g/mol. The zero-order chi connectivity index (χ0) is 27.3. The molecule has 14 heteroatoms. The predicted molar refractivity (Wildman–Crippen MR) is 145 cm³/mol. The molecule has 0 radical (unpaired) electrons. The number of nitrogens with zero attached hydrogens (tertiary/aromatic N) is 3. The molecule has 2 aromatic carbocycles. The molecule has 3 N–H and O–H groups in total. The van der Waals surface area contributed by atoms with E-state index in [4.69, 9.17) is 0 Å². The fourth-order valence-electron chi connectivity index (χ4n) is 4.10. The highest BCUT2D eigenvalue weighted by molar-refractivity contribution is 14.1. The number of benzene rings is 2. The zero-order valence-corrected chi connectivity index (χ0v) is 23.1. The Bertz CT molecular complexity index is 1390. The van der Waals surface area contributed by atoms with E-state index in [1.54, 1.807) is 18.6 Å². The second kappa shape index (κ2) is 12.3. The molecule has 1 aliphatic heterocycles. The molecule has 1 fully saturated rings. The number of amides is 1. The standard InChI is InChI=1S/C24H26F3IN6O3S/c25-18-5-7-21(23(22(18)27)31-20-6-4-17(28)13-19(20)26)32-38(36,37)34-11-1-3-16(14-34)24(35)30-8-2-10-33-12-9-29-15-33/h4-7,9,12-13,15-16,31-32H,1-3,8,10-11,14H2,(H,30,35). The first-order valence-electron chi connectivity index (χ1n) is 11.9. The van der Waals surface area contributed by atoms with Crippen LogP contribution in [-0.4, -0.2) is 47.8 Å². The van der Waals surface area contributed by atoms with Crippen molar-refractivity contribution in [3.8, 4) is 0 Å². The van der Waals surface area contributed by atoms with Crippen LogP contribution in [0.1, 0.15) is 19.3 Å². The van der Waals surface area contributed by atoms with Crippen LogP contribution in [0.3, 0.4) is 0 Å². The first kappa shape index (κ1) is 28.2. The largest absolute Gasteiger partial charge is 0.356 e. The average Bonchev–Trinajstić information content (AvgIpc) is 3.41. The van der Waals surface area contributed by atoms with Gasteiger partial charge in [0.25, 0.3) is 0 Å². The molecular formula is C24H26F3IN6O3S. The normalized spacial score (nSPS) is 16.3. The summed E-state index contributed by atoms with van der Waals surface area (Å²) in [6.07, 6.45) is 6.83. The van der Waals surface area contributed by atoms with Gasteiger partial charge >= 0.3 is 10.2 Å². The third-order valence-corrected chi connectivity index (χ3v) is 8.23. The van der Waals surface area contributed by atoms with Crippen molar-refractivity contribution in [2.24, 2.45) is 5.92 Å². The first-order chi connectivity index (χ1) is 18.1. The number of rotatable bonds is 10. The van der Waals surface area contributed by atoms with Crippen LogP contribution in [0.4, 0.5) is 30.2 Å². The van der Waals surface area contributed by atoms with Gasteiger partial charge in [0, 0.05) is 42.1 Å². The minimum Gasteiger partial charge on any atom is -0.356 e. The molecule has 9 nitrogen and oxygen atoms in total. The third-order valence-electron chi connectivity index (χ3n) is 6.07. The van der Waals surface area contributed by atoms with E-state index in [1.165, 1.54) is 12.1 Å². The fourth-order valence-corrected chi connectivity index (χ4v) is 5.87. The molecule has 204 valence electrons. The maximum absolute atomic E-state index is 14.7. The molecule has 1 unspecified atom stereocenters. The number of hydrogen-bond donors (Lipinski definition) is 3. The van der Waals surface area contributed by atoms with Crippen molar-refractivity contribution < 1.29 is 26.4 Å². The van der Waals surface area contributed by atoms with Crippen LogP contribution in [0.15, 0.2) is 49.1 Å². The summed E-state index contributed by atoms with van der Waals surface area (Å²) in [5.74, 6) is -4.12. The molecule has 0 saturated carbocycles. The number of aryl methyl sites for hydroxylation is 1. The van der Waals surface area contributed by atoms with Gasteiger partial charge in [-0.3, -0.25) is 9.52 Å². The van der Waals surface area contributed by atoms with E-state index < -0.39 is 39.3 Å². The predicted octanol–water partition coefficient (Wildman–Crippen LogP) is 4.22. The van der Waals surface area contributed by atoms with E-state index in [0.29, 0.717) is 35.9 Å². The molecule has 1 atom stereocenters. The van der Waals surface area contributed by atoms with Crippen LogP contribution in [0.2, 0.25) is 0 Å². The Labute approximate surface area is 232 Å². The first-order valence-corrected chi connectivity index (χ1v) is 14.4. The van der Waals surface area contributed by atoms with Gasteiger partial charge in [0.2, 0.25) is 5.91 Å². The summed E-state index contributed by atoms with van der Waals surface area (Å²) in [6.45, 7) is 1.20. The summed E-state index contributed by atoms with van der Waals surface area (Å²) in [6, 6.07) is 5.92. The average molecular weight is 662 g/mol. The number of nitrogens with one attached hydrogen (secondary N) is 3. The van der Waals surface area contributed by atoms with Gasteiger partial charge in [-0.05, 0) is 72.2 Å². The maximum Gasteiger partial charge on any atom is 0.301 e. The quantitative estimate of drug-likeness (QED) is 0.223. The molecule has 1 aliphatic rings. The Kier molecular flexibility index (Phi) is 9.15. The molecule has 38 heavy (non-hydrogen) atoms. The molecule has 3 aromatic rings. The molecule has 1 aromatic heterocycles. The highest BCUT2D eigenvalue weighted by atomic mass is 127. The number of anilines is 3. The van der Waals surface area contributed by atoms with E-state index >= 15 is 0 Å². The summed E-state index contributed by atoms with van der Waals surface area (Å²) < 4.78 is 75.3. The summed E-state index contributed by atoms with van der Waals surface area (Å²) in [4.78, 5) is 16.6. The van der Waals surface area contributed by atoms with Crippen molar-refractivity contribution in [3.05, 3.63) is 70.1 Å². The van der Waals surface area contributed by atoms with Crippen molar-refractivity contribution in [2.75, 3.05) is 29.7 Å². The van der Waals surface area contributed by atoms with Gasteiger partial charge in [-0.1, -0.05) is 0 Å². The van der Waals surface area contributed by atoms with Crippen LogP contribution in [0.5, 0.6) is 0 Å². The Balaban J connectivity index is 1.43. The Morgan fingerprint density at radius 3 is 2.66 bits per heavy atom. The van der Waals surface area contributed by atoms with Crippen molar-refractivity contribution in [2.45, 2.75) is 25.8 Å². The zero-order valence-electron chi connectivity index (χ0n) is 20.1. The van der Waals surface area contributed by atoms with E-state index in [0.717, 1.165) is 16.4 Å². The number of carbonyl (C=O) groups is 1. The summed E-state index contributed by atoms with van der Waals surface area (Å²) in [7, 11) is -4.25. The van der Waals surface area contributed by atoms with Crippen LogP contribution in [-0.2, 0) is 21.5 Å². The lowest BCUT2D eigenvalue weighted by Gasteiger charge is -2.31. The van der Waals surface area contributed by atoms with Crippen LogP contribution >= 0.6 is 22.6 Å². The summed E-state index contributed by atoms with van der Waals surface area (Å²) in [5.41, 5.74) is -1.01. The second-order valence-corrected chi connectivity index (χ2v) is 11.7. The molecule has 0 spiro atoms. The van der Waals surface area contributed by atoms with Crippen molar-refractivity contribution in [1.29, 1.82) is 0 Å². The van der Waals surface area contributed by atoms with Gasteiger partial charge in [-0.15, -0.1) is 0 Å². The molecule has 0 bridgehead atoms. The smallest absolute Gasteiger partial charge is 0.301 e. The Morgan fingerprint density at radius 2 is 1.92 bits per heavy atom. The van der Waals surface area contributed by atoms with Crippen molar-refractivity contribution in [1.82, 2.24) is 19.2 Å². The summed E-state index contributed by atoms with van der Waals surface area (Å²) in [5, 5.41) is 5.30. The lowest BCUT2D eigenvalue weighted by Crippen LogP contribution is -2.47. The van der Waals surface area contributed by atoms with Crippen molar-refractivity contribution in [3.63, 3.8) is 0 Å². The van der Waals surface area contributed by atoms with E-state index in [2.05, 4.69) is 20.3 Å². The minimum absolute atomic E-state index is 0.0686. The number of piperidine rings is 1. The second-order valence-electron chi connectivity index (χ2n) is 8.78. The molecule has 1 amide bonds. The van der Waals surface area contributed by atoms with Crippen molar-refractivity contribution >= 4 is 55.8 Å². The van der Waals surface area contributed by atoms with Crippen LogP contribution < -0.4 is 15.4 Å². The number of carbonyl (C=O) groups excluding carboxylic acids is 1. The Hall–Kier alpha value is -2.85. The number of aromatic nitrogens is 2. The monoisotopic (exact) mass is 662 g/mol. The van der Waals surface area contributed by atoms with Gasteiger partial charge in [0.05, 0.1) is 23.6 Å². The highest BCUT2D eigenvalue weighted by Crippen LogP contribution is 2.33. The van der Waals surface area contributed by atoms with Crippen LogP contribution in [0, 0.1) is 26.9 Å². The topological polar surface area (TPSA) is 108 Å². The minimum atomic E-state index is -4.25.